The van der Waals surface area contributed by atoms with E-state index in [9.17, 15) is 4.79 Å². The maximum atomic E-state index is 10.9. The lowest BCUT2D eigenvalue weighted by atomic mass is 9.86. The van der Waals surface area contributed by atoms with Crippen LogP contribution in [0.25, 0.3) is 0 Å². The topological polar surface area (TPSA) is 58.6 Å². The molecule has 0 atom stereocenters. The quantitative estimate of drug-likeness (QED) is 0.686. The Hall–Kier alpha value is -1.55. The van der Waals surface area contributed by atoms with E-state index in [0.717, 1.165) is 63.8 Å². The van der Waals surface area contributed by atoms with E-state index in [0.29, 0.717) is 6.04 Å². The van der Waals surface area contributed by atoms with E-state index in [1.807, 2.05) is 30.3 Å². The largest absolute Gasteiger partial charge is 0.494 e. The number of ether oxygens (including phenoxy) is 1. The van der Waals surface area contributed by atoms with Gasteiger partial charge in [-0.25, -0.2) is 0 Å². The molecule has 4 heteroatoms. The second-order valence-electron chi connectivity index (χ2n) is 6.06. The third kappa shape index (κ3) is 6.06. The molecule has 0 aromatic heterocycles. The van der Waals surface area contributed by atoms with Gasteiger partial charge in [-0.1, -0.05) is 18.2 Å². The first kappa shape index (κ1) is 16.8. The predicted octanol–water partition coefficient (Wildman–Crippen LogP) is 3.47. The van der Waals surface area contributed by atoms with Crippen LogP contribution >= 0.6 is 0 Å². The van der Waals surface area contributed by atoms with Crippen LogP contribution in [0, 0.1) is 5.92 Å². The van der Waals surface area contributed by atoms with Gasteiger partial charge in [-0.2, -0.15) is 0 Å². The molecule has 0 aliphatic heterocycles. The van der Waals surface area contributed by atoms with Crippen LogP contribution in [0.1, 0.15) is 44.9 Å². The lowest BCUT2D eigenvalue weighted by Gasteiger charge is -2.26. The molecule has 1 aliphatic rings. The van der Waals surface area contributed by atoms with Crippen molar-refractivity contribution in [3.8, 4) is 5.75 Å². The molecule has 22 heavy (non-hydrogen) atoms. The summed E-state index contributed by atoms with van der Waals surface area (Å²) >= 11 is 0. The van der Waals surface area contributed by atoms with Gasteiger partial charge in [0.05, 0.1) is 12.5 Å². The first-order valence-electron chi connectivity index (χ1n) is 8.40. The molecule has 2 N–H and O–H groups in total. The zero-order valence-electron chi connectivity index (χ0n) is 13.2. The smallest absolute Gasteiger partial charge is 0.306 e. The number of carbonyl (C=O) groups is 1. The number of unbranched alkanes of at least 4 members (excludes halogenated alkanes) is 2. The van der Waals surface area contributed by atoms with Crippen LogP contribution in [0.5, 0.6) is 5.75 Å². The van der Waals surface area contributed by atoms with Crippen molar-refractivity contribution in [1.82, 2.24) is 5.32 Å². The molecule has 1 aromatic rings. The summed E-state index contributed by atoms with van der Waals surface area (Å²) in [6, 6.07) is 10.4. The van der Waals surface area contributed by atoms with E-state index < -0.39 is 5.97 Å². The predicted molar refractivity (Wildman–Crippen MR) is 87.2 cm³/mol. The van der Waals surface area contributed by atoms with Gasteiger partial charge in [-0.05, 0) is 63.6 Å². The summed E-state index contributed by atoms with van der Waals surface area (Å²) in [6.45, 7) is 1.79. The fourth-order valence-corrected chi connectivity index (χ4v) is 2.96. The van der Waals surface area contributed by atoms with E-state index in [2.05, 4.69) is 5.32 Å². The first-order chi connectivity index (χ1) is 10.8. The molecule has 1 fully saturated rings. The fraction of sp³-hybridized carbons (Fsp3) is 0.611. The van der Waals surface area contributed by atoms with Crippen molar-refractivity contribution in [2.75, 3.05) is 13.2 Å². The molecule has 0 spiro atoms. The van der Waals surface area contributed by atoms with E-state index in [4.69, 9.17) is 9.84 Å². The van der Waals surface area contributed by atoms with E-state index in [1.165, 1.54) is 0 Å². The van der Waals surface area contributed by atoms with Crippen molar-refractivity contribution in [3.05, 3.63) is 30.3 Å². The summed E-state index contributed by atoms with van der Waals surface area (Å²) in [6.07, 6.45) is 7.00. The monoisotopic (exact) mass is 305 g/mol. The van der Waals surface area contributed by atoms with Crippen LogP contribution in [0.15, 0.2) is 30.3 Å². The average molecular weight is 305 g/mol. The van der Waals surface area contributed by atoms with Crippen molar-refractivity contribution >= 4 is 5.97 Å². The molecule has 0 heterocycles. The number of hydrogen-bond acceptors (Lipinski definition) is 3. The number of benzene rings is 1. The standard InChI is InChI=1S/C18H27NO3/c20-18(21)15-9-11-16(12-10-15)19-13-5-2-6-14-22-17-7-3-1-4-8-17/h1,3-4,7-8,15-16,19H,2,5-6,9-14H2,(H,20,21). The minimum atomic E-state index is -0.628. The van der Waals surface area contributed by atoms with Gasteiger partial charge in [0.2, 0.25) is 0 Å². The highest BCUT2D eigenvalue weighted by Crippen LogP contribution is 2.24. The van der Waals surface area contributed by atoms with E-state index in [1.54, 1.807) is 0 Å². The molecule has 0 radical (unpaired) electrons. The van der Waals surface area contributed by atoms with Crippen molar-refractivity contribution in [2.45, 2.75) is 51.0 Å². The van der Waals surface area contributed by atoms with Crippen molar-refractivity contribution in [3.63, 3.8) is 0 Å². The minimum Gasteiger partial charge on any atom is -0.494 e. The zero-order valence-corrected chi connectivity index (χ0v) is 13.2. The summed E-state index contributed by atoms with van der Waals surface area (Å²) in [5, 5.41) is 12.5. The van der Waals surface area contributed by atoms with Gasteiger partial charge in [0, 0.05) is 6.04 Å². The summed E-state index contributed by atoms with van der Waals surface area (Å²) in [4.78, 5) is 10.9. The normalized spacial score (nSPS) is 21.5. The Morgan fingerprint density at radius 2 is 1.82 bits per heavy atom. The molecule has 122 valence electrons. The van der Waals surface area contributed by atoms with Gasteiger partial charge >= 0.3 is 5.97 Å². The molecule has 2 rings (SSSR count). The first-order valence-corrected chi connectivity index (χ1v) is 8.40. The summed E-state index contributed by atoms with van der Waals surface area (Å²) in [5.74, 6) is 0.195. The SMILES string of the molecule is O=C(O)C1CCC(NCCCCCOc2ccccc2)CC1. The molecule has 0 unspecified atom stereocenters. The van der Waals surface area contributed by atoms with Gasteiger partial charge in [-0.3, -0.25) is 4.79 Å². The highest BCUT2D eigenvalue weighted by Gasteiger charge is 2.25. The molecule has 1 saturated carbocycles. The fourth-order valence-electron chi connectivity index (χ4n) is 2.96. The minimum absolute atomic E-state index is 0.117. The number of rotatable bonds is 9. The third-order valence-electron chi connectivity index (χ3n) is 4.34. The van der Waals surface area contributed by atoms with Crippen LogP contribution in [-0.2, 0) is 4.79 Å². The molecule has 1 aromatic carbocycles. The van der Waals surface area contributed by atoms with Gasteiger partial charge in [-0.15, -0.1) is 0 Å². The Bertz CT molecular complexity index is 427. The summed E-state index contributed by atoms with van der Waals surface area (Å²) in [7, 11) is 0. The third-order valence-corrected chi connectivity index (χ3v) is 4.34. The number of nitrogens with one attached hydrogen (secondary N) is 1. The van der Waals surface area contributed by atoms with E-state index in [-0.39, 0.29) is 5.92 Å². The molecular weight excluding hydrogens is 278 g/mol. The van der Waals surface area contributed by atoms with Crippen molar-refractivity contribution < 1.29 is 14.6 Å². The van der Waals surface area contributed by atoms with Crippen LogP contribution in [0.4, 0.5) is 0 Å². The number of hydrogen-bond donors (Lipinski definition) is 2. The second kappa shape index (κ2) is 9.46. The molecule has 4 nitrogen and oxygen atoms in total. The Balaban J connectivity index is 1.44. The van der Waals surface area contributed by atoms with Gasteiger partial charge < -0.3 is 15.2 Å². The highest BCUT2D eigenvalue weighted by molar-refractivity contribution is 5.70. The van der Waals surface area contributed by atoms with Crippen LogP contribution < -0.4 is 10.1 Å². The lowest BCUT2D eigenvalue weighted by Crippen LogP contribution is -2.35. The van der Waals surface area contributed by atoms with Crippen LogP contribution in [-0.4, -0.2) is 30.3 Å². The molecule has 0 saturated heterocycles. The lowest BCUT2D eigenvalue weighted by molar-refractivity contribution is -0.142. The number of carboxylic acid groups (broad SMARTS) is 1. The van der Waals surface area contributed by atoms with Crippen molar-refractivity contribution in [2.24, 2.45) is 5.92 Å². The second-order valence-corrected chi connectivity index (χ2v) is 6.06. The number of aliphatic carboxylic acids is 1. The van der Waals surface area contributed by atoms with E-state index >= 15 is 0 Å². The summed E-state index contributed by atoms with van der Waals surface area (Å²) in [5.41, 5.74) is 0. The van der Waals surface area contributed by atoms with Gasteiger partial charge in [0.1, 0.15) is 5.75 Å². The Morgan fingerprint density at radius 3 is 2.50 bits per heavy atom. The van der Waals surface area contributed by atoms with Gasteiger partial charge in [0.25, 0.3) is 0 Å². The molecule has 0 bridgehead atoms. The van der Waals surface area contributed by atoms with Gasteiger partial charge in [0.15, 0.2) is 0 Å². The number of carboxylic acids is 1. The zero-order chi connectivity index (χ0) is 15.6. The molecular formula is C18H27NO3. The Kier molecular flexibility index (Phi) is 7.23. The maximum Gasteiger partial charge on any atom is 0.306 e. The van der Waals surface area contributed by atoms with Crippen molar-refractivity contribution in [1.29, 1.82) is 0 Å². The Labute approximate surface area is 132 Å². The molecule has 1 aliphatic carbocycles. The summed E-state index contributed by atoms with van der Waals surface area (Å²) < 4.78 is 5.66. The number of para-hydroxylation sites is 1. The highest BCUT2D eigenvalue weighted by atomic mass is 16.5. The Morgan fingerprint density at radius 1 is 1.09 bits per heavy atom. The van der Waals surface area contributed by atoms with Crippen LogP contribution in [0.3, 0.4) is 0 Å². The maximum absolute atomic E-state index is 10.9. The molecule has 0 amide bonds. The van der Waals surface area contributed by atoms with Crippen LogP contribution in [0.2, 0.25) is 0 Å². The average Bonchev–Trinajstić information content (AvgIpc) is 2.55.